The minimum Gasteiger partial charge on any atom is -0.494 e. The molecule has 2 aromatic rings. The molecule has 0 aliphatic carbocycles. The Bertz CT molecular complexity index is 576. The second-order valence-corrected chi connectivity index (χ2v) is 4.68. The number of rotatable bonds is 6. The summed E-state index contributed by atoms with van der Waals surface area (Å²) in [5, 5.41) is 0. The molecular weight excluding hydrogens is 250 g/mol. The molecule has 0 amide bonds. The highest BCUT2D eigenvalue weighted by molar-refractivity contribution is 6.09. The molecule has 0 atom stereocenters. The van der Waals surface area contributed by atoms with E-state index in [9.17, 15) is 4.79 Å². The van der Waals surface area contributed by atoms with Crippen LogP contribution in [-0.2, 0) is 0 Å². The third kappa shape index (κ3) is 3.60. The maximum Gasteiger partial charge on any atom is 0.193 e. The number of carbonyl (C=O) groups excluding carboxylic acids is 1. The number of nitrogens with two attached hydrogens (primary N) is 1. The average Bonchev–Trinajstić information content (AvgIpc) is 2.47. The lowest BCUT2D eigenvalue weighted by Crippen LogP contribution is -2.02. The Morgan fingerprint density at radius 1 is 1.10 bits per heavy atom. The Balaban J connectivity index is 2.07. The first kappa shape index (κ1) is 14.1. The molecule has 104 valence electrons. The third-order valence-corrected chi connectivity index (χ3v) is 3.03. The molecule has 0 aliphatic heterocycles. The Labute approximate surface area is 119 Å². The molecule has 0 saturated carbocycles. The van der Waals surface area contributed by atoms with Crippen LogP contribution in [0, 0.1) is 0 Å². The van der Waals surface area contributed by atoms with Gasteiger partial charge in [-0.1, -0.05) is 25.5 Å². The van der Waals surface area contributed by atoms with Crippen LogP contribution in [0.5, 0.6) is 5.75 Å². The van der Waals surface area contributed by atoms with Crippen LogP contribution in [0.1, 0.15) is 35.7 Å². The molecule has 0 unspecified atom stereocenters. The van der Waals surface area contributed by atoms with E-state index >= 15 is 0 Å². The predicted molar refractivity (Wildman–Crippen MR) is 81.1 cm³/mol. The fraction of sp³-hybridized carbons (Fsp3) is 0.235. The fourth-order valence-electron chi connectivity index (χ4n) is 1.88. The van der Waals surface area contributed by atoms with E-state index in [1.54, 1.807) is 36.4 Å². The topological polar surface area (TPSA) is 52.3 Å². The van der Waals surface area contributed by atoms with Gasteiger partial charge in [0, 0.05) is 16.8 Å². The molecule has 3 nitrogen and oxygen atoms in total. The van der Waals surface area contributed by atoms with Gasteiger partial charge in [-0.15, -0.1) is 0 Å². The van der Waals surface area contributed by atoms with Crippen LogP contribution >= 0.6 is 0 Å². The van der Waals surface area contributed by atoms with Crippen molar-refractivity contribution < 1.29 is 9.53 Å². The molecule has 0 aliphatic rings. The average molecular weight is 269 g/mol. The molecule has 0 bridgehead atoms. The molecule has 3 heteroatoms. The number of carbonyl (C=O) groups is 1. The van der Waals surface area contributed by atoms with Crippen molar-refractivity contribution in [2.24, 2.45) is 0 Å². The summed E-state index contributed by atoms with van der Waals surface area (Å²) in [6.07, 6.45) is 2.13. The van der Waals surface area contributed by atoms with E-state index in [1.807, 2.05) is 12.1 Å². The Morgan fingerprint density at radius 2 is 1.85 bits per heavy atom. The standard InChI is InChI=1S/C17H19NO2/c1-2-3-11-20-16-9-7-13(8-10-16)17(19)14-5-4-6-15(18)12-14/h4-10,12H,2-3,11,18H2,1H3. The van der Waals surface area contributed by atoms with Crippen molar-refractivity contribution in [1.29, 1.82) is 0 Å². The van der Waals surface area contributed by atoms with Gasteiger partial charge >= 0.3 is 0 Å². The summed E-state index contributed by atoms with van der Waals surface area (Å²) in [7, 11) is 0. The number of ether oxygens (including phenoxy) is 1. The van der Waals surface area contributed by atoms with Crippen LogP contribution in [0.3, 0.4) is 0 Å². The van der Waals surface area contributed by atoms with Crippen LogP contribution in [0.4, 0.5) is 5.69 Å². The van der Waals surface area contributed by atoms with Gasteiger partial charge in [0.15, 0.2) is 5.78 Å². The van der Waals surface area contributed by atoms with Crippen molar-refractivity contribution in [2.75, 3.05) is 12.3 Å². The lowest BCUT2D eigenvalue weighted by molar-refractivity contribution is 0.103. The van der Waals surface area contributed by atoms with Gasteiger partial charge in [0.2, 0.25) is 0 Å². The zero-order chi connectivity index (χ0) is 14.4. The van der Waals surface area contributed by atoms with E-state index in [0.717, 1.165) is 18.6 Å². The molecule has 0 fully saturated rings. The zero-order valence-corrected chi connectivity index (χ0v) is 11.6. The second kappa shape index (κ2) is 6.75. The monoisotopic (exact) mass is 269 g/mol. The number of ketones is 1. The summed E-state index contributed by atoms with van der Waals surface area (Å²) < 4.78 is 5.57. The number of unbranched alkanes of at least 4 members (excludes halogenated alkanes) is 1. The van der Waals surface area contributed by atoms with Crippen LogP contribution in [-0.4, -0.2) is 12.4 Å². The van der Waals surface area contributed by atoms with Gasteiger partial charge in [0.1, 0.15) is 5.75 Å². The van der Waals surface area contributed by atoms with E-state index in [-0.39, 0.29) is 5.78 Å². The fourth-order valence-corrected chi connectivity index (χ4v) is 1.88. The first-order valence-corrected chi connectivity index (χ1v) is 6.84. The van der Waals surface area contributed by atoms with E-state index in [0.29, 0.717) is 23.4 Å². The van der Waals surface area contributed by atoms with Gasteiger partial charge in [-0.05, 0) is 42.8 Å². The molecule has 2 rings (SSSR count). The van der Waals surface area contributed by atoms with Crippen molar-refractivity contribution >= 4 is 11.5 Å². The van der Waals surface area contributed by atoms with Crippen molar-refractivity contribution in [1.82, 2.24) is 0 Å². The highest BCUT2D eigenvalue weighted by Crippen LogP contribution is 2.17. The minimum atomic E-state index is -0.0302. The summed E-state index contributed by atoms with van der Waals surface area (Å²) in [5.74, 6) is 0.764. The maximum atomic E-state index is 12.3. The maximum absolute atomic E-state index is 12.3. The van der Waals surface area contributed by atoms with Crippen molar-refractivity contribution in [3.8, 4) is 5.75 Å². The van der Waals surface area contributed by atoms with Gasteiger partial charge in [0.25, 0.3) is 0 Å². The van der Waals surface area contributed by atoms with Gasteiger partial charge in [0.05, 0.1) is 6.61 Å². The number of benzene rings is 2. The number of hydrogen-bond acceptors (Lipinski definition) is 3. The summed E-state index contributed by atoms with van der Waals surface area (Å²) in [6.45, 7) is 2.83. The Hall–Kier alpha value is -2.29. The number of nitrogen functional groups attached to an aromatic ring is 1. The normalized spacial score (nSPS) is 10.2. The molecular formula is C17H19NO2. The lowest BCUT2D eigenvalue weighted by atomic mass is 10.0. The summed E-state index contributed by atoms with van der Waals surface area (Å²) in [4.78, 5) is 12.3. The smallest absolute Gasteiger partial charge is 0.193 e. The molecule has 2 N–H and O–H groups in total. The second-order valence-electron chi connectivity index (χ2n) is 4.68. The molecule has 0 spiro atoms. The van der Waals surface area contributed by atoms with Crippen LogP contribution in [0.15, 0.2) is 48.5 Å². The largest absolute Gasteiger partial charge is 0.494 e. The minimum absolute atomic E-state index is 0.0302. The molecule has 0 saturated heterocycles. The van der Waals surface area contributed by atoms with Crippen molar-refractivity contribution in [3.05, 3.63) is 59.7 Å². The first-order valence-electron chi connectivity index (χ1n) is 6.84. The number of hydrogen-bond donors (Lipinski definition) is 1. The van der Waals surface area contributed by atoms with E-state index < -0.39 is 0 Å². The SMILES string of the molecule is CCCCOc1ccc(C(=O)c2cccc(N)c2)cc1. The van der Waals surface area contributed by atoms with E-state index in [1.165, 1.54) is 0 Å². The Kier molecular flexibility index (Phi) is 4.77. The summed E-state index contributed by atoms with van der Waals surface area (Å²) in [6, 6.07) is 14.2. The quantitative estimate of drug-likeness (QED) is 0.494. The predicted octanol–water partition coefficient (Wildman–Crippen LogP) is 3.68. The molecule has 0 aromatic heterocycles. The zero-order valence-electron chi connectivity index (χ0n) is 11.6. The summed E-state index contributed by atoms with van der Waals surface area (Å²) >= 11 is 0. The van der Waals surface area contributed by atoms with E-state index in [4.69, 9.17) is 10.5 Å². The highest BCUT2D eigenvalue weighted by Gasteiger charge is 2.09. The van der Waals surface area contributed by atoms with Crippen LogP contribution in [0.25, 0.3) is 0 Å². The molecule has 0 radical (unpaired) electrons. The molecule has 20 heavy (non-hydrogen) atoms. The van der Waals surface area contributed by atoms with Gasteiger partial charge in [-0.25, -0.2) is 0 Å². The van der Waals surface area contributed by atoms with E-state index in [2.05, 4.69) is 6.92 Å². The lowest BCUT2D eigenvalue weighted by Gasteiger charge is -2.06. The van der Waals surface area contributed by atoms with Crippen molar-refractivity contribution in [2.45, 2.75) is 19.8 Å². The third-order valence-electron chi connectivity index (χ3n) is 3.03. The van der Waals surface area contributed by atoms with Gasteiger partial charge in [-0.2, -0.15) is 0 Å². The molecule has 0 heterocycles. The summed E-state index contributed by atoms with van der Waals surface area (Å²) in [5.41, 5.74) is 7.53. The van der Waals surface area contributed by atoms with Crippen LogP contribution < -0.4 is 10.5 Å². The van der Waals surface area contributed by atoms with Gasteiger partial charge in [-0.3, -0.25) is 4.79 Å². The molecule has 2 aromatic carbocycles. The number of anilines is 1. The van der Waals surface area contributed by atoms with Gasteiger partial charge < -0.3 is 10.5 Å². The first-order chi connectivity index (χ1) is 9.70. The van der Waals surface area contributed by atoms with Crippen molar-refractivity contribution in [3.63, 3.8) is 0 Å². The van der Waals surface area contributed by atoms with Crippen LogP contribution in [0.2, 0.25) is 0 Å². The Morgan fingerprint density at radius 3 is 2.50 bits per heavy atom. The highest BCUT2D eigenvalue weighted by atomic mass is 16.5.